The molecule has 0 amide bonds. The molecule has 0 bridgehead atoms. The topological polar surface area (TPSA) is 37.5 Å². The number of pyridine rings is 1. The molecule has 0 radical (unpaired) electrons. The van der Waals surface area contributed by atoms with Gasteiger partial charge >= 0.3 is 0 Å². The number of fused-ring (bicyclic) bond motifs is 1. The molecule has 0 aliphatic rings. The van der Waals surface area contributed by atoms with E-state index in [1.165, 1.54) is 0 Å². The van der Waals surface area contributed by atoms with Crippen molar-refractivity contribution >= 4 is 5.65 Å². The van der Waals surface area contributed by atoms with E-state index in [1.807, 2.05) is 41.9 Å². The number of hydrogen-bond donors (Lipinski definition) is 1. The van der Waals surface area contributed by atoms with Gasteiger partial charge in [-0.15, -0.1) is 0 Å². The fourth-order valence-corrected chi connectivity index (χ4v) is 2.01. The quantitative estimate of drug-likeness (QED) is 0.855. The SMILES string of the molecule is CCC(Cc1cn2ccccc2n1)C(C)O. The van der Waals surface area contributed by atoms with Gasteiger partial charge < -0.3 is 9.51 Å². The van der Waals surface area contributed by atoms with E-state index in [1.54, 1.807) is 0 Å². The molecule has 1 N–H and O–H groups in total. The first kappa shape index (κ1) is 11.1. The smallest absolute Gasteiger partial charge is 0.136 e. The minimum absolute atomic E-state index is 0.269. The summed E-state index contributed by atoms with van der Waals surface area (Å²) in [5.41, 5.74) is 2.02. The maximum Gasteiger partial charge on any atom is 0.136 e. The monoisotopic (exact) mass is 218 g/mol. The molecular weight excluding hydrogens is 200 g/mol. The van der Waals surface area contributed by atoms with E-state index < -0.39 is 0 Å². The second kappa shape index (κ2) is 4.66. The second-order valence-electron chi connectivity index (χ2n) is 4.31. The fourth-order valence-electron chi connectivity index (χ4n) is 2.01. The van der Waals surface area contributed by atoms with Crippen LogP contribution < -0.4 is 0 Å². The Balaban J connectivity index is 2.20. The molecule has 0 fully saturated rings. The van der Waals surface area contributed by atoms with Gasteiger partial charge in [0.15, 0.2) is 0 Å². The van der Waals surface area contributed by atoms with Crippen molar-refractivity contribution in [2.24, 2.45) is 5.92 Å². The third-order valence-electron chi connectivity index (χ3n) is 3.09. The lowest BCUT2D eigenvalue weighted by Gasteiger charge is -2.16. The lowest BCUT2D eigenvalue weighted by atomic mass is 9.95. The van der Waals surface area contributed by atoms with Gasteiger partial charge in [0.05, 0.1) is 11.8 Å². The van der Waals surface area contributed by atoms with E-state index in [-0.39, 0.29) is 6.10 Å². The molecule has 2 heterocycles. The highest BCUT2D eigenvalue weighted by Crippen LogP contribution is 2.16. The number of nitrogens with zero attached hydrogens (tertiary/aromatic N) is 2. The highest BCUT2D eigenvalue weighted by atomic mass is 16.3. The molecule has 3 heteroatoms. The zero-order valence-corrected chi connectivity index (χ0v) is 9.80. The van der Waals surface area contributed by atoms with Crippen LogP contribution in [0.1, 0.15) is 26.0 Å². The van der Waals surface area contributed by atoms with E-state index in [9.17, 15) is 5.11 Å². The molecule has 2 aromatic heterocycles. The molecule has 2 rings (SSSR count). The standard InChI is InChI=1S/C13H18N2O/c1-3-11(10(2)16)8-12-9-15-7-5-4-6-13(15)14-12/h4-7,9-11,16H,3,8H2,1-2H3. The molecule has 0 aliphatic heterocycles. The third kappa shape index (κ3) is 2.25. The Morgan fingerprint density at radius 2 is 2.25 bits per heavy atom. The van der Waals surface area contributed by atoms with E-state index >= 15 is 0 Å². The van der Waals surface area contributed by atoms with Crippen molar-refractivity contribution in [3.05, 3.63) is 36.3 Å². The summed E-state index contributed by atoms with van der Waals surface area (Å²) in [4.78, 5) is 4.53. The third-order valence-corrected chi connectivity index (χ3v) is 3.09. The molecule has 0 saturated heterocycles. The molecule has 86 valence electrons. The molecular formula is C13H18N2O. The normalized spacial score (nSPS) is 15.2. The van der Waals surface area contributed by atoms with E-state index in [0.717, 1.165) is 24.2 Å². The van der Waals surface area contributed by atoms with Gasteiger partial charge in [-0.25, -0.2) is 4.98 Å². The minimum atomic E-state index is -0.269. The van der Waals surface area contributed by atoms with Crippen LogP contribution in [0, 0.1) is 5.92 Å². The highest BCUT2D eigenvalue weighted by Gasteiger charge is 2.15. The first-order valence-electron chi connectivity index (χ1n) is 5.81. The van der Waals surface area contributed by atoms with E-state index in [4.69, 9.17) is 0 Å². The van der Waals surface area contributed by atoms with Crippen molar-refractivity contribution in [1.82, 2.24) is 9.38 Å². The summed E-state index contributed by atoms with van der Waals surface area (Å²) in [6.07, 6.45) is 5.59. The first-order chi connectivity index (χ1) is 7.70. The average molecular weight is 218 g/mol. The lowest BCUT2D eigenvalue weighted by molar-refractivity contribution is 0.122. The fraction of sp³-hybridized carbons (Fsp3) is 0.462. The zero-order chi connectivity index (χ0) is 11.5. The van der Waals surface area contributed by atoms with Crippen LogP contribution in [0.5, 0.6) is 0 Å². The number of aliphatic hydroxyl groups excluding tert-OH is 1. The zero-order valence-electron chi connectivity index (χ0n) is 9.80. The Hall–Kier alpha value is -1.35. The molecule has 0 aromatic carbocycles. The summed E-state index contributed by atoms with van der Waals surface area (Å²) in [6.45, 7) is 3.96. The summed E-state index contributed by atoms with van der Waals surface area (Å²) in [5.74, 6) is 0.296. The maximum absolute atomic E-state index is 9.61. The molecule has 2 atom stereocenters. The predicted octanol–water partition coefficient (Wildman–Crippen LogP) is 2.28. The van der Waals surface area contributed by atoms with Crippen molar-refractivity contribution in [3.8, 4) is 0 Å². The molecule has 0 saturated carbocycles. The second-order valence-corrected chi connectivity index (χ2v) is 4.31. The minimum Gasteiger partial charge on any atom is -0.393 e. The Kier molecular flexibility index (Phi) is 3.25. The van der Waals surface area contributed by atoms with E-state index in [0.29, 0.717) is 5.92 Å². The van der Waals surface area contributed by atoms with E-state index in [2.05, 4.69) is 11.9 Å². The molecule has 0 spiro atoms. The Morgan fingerprint density at radius 1 is 1.44 bits per heavy atom. The van der Waals surface area contributed by atoms with Gasteiger partial charge in [0, 0.05) is 12.4 Å². The molecule has 3 nitrogen and oxygen atoms in total. The average Bonchev–Trinajstić information content (AvgIpc) is 2.67. The summed E-state index contributed by atoms with van der Waals surface area (Å²) in [7, 11) is 0. The summed E-state index contributed by atoms with van der Waals surface area (Å²) >= 11 is 0. The summed E-state index contributed by atoms with van der Waals surface area (Å²) in [6, 6.07) is 5.97. The Morgan fingerprint density at radius 3 is 2.88 bits per heavy atom. The first-order valence-corrected chi connectivity index (χ1v) is 5.81. The van der Waals surface area contributed by atoms with Gasteiger partial charge in [0.1, 0.15) is 5.65 Å². The largest absolute Gasteiger partial charge is 0.393 e. The van der Waals surface area contributed by atoms with Gasteiger partial charge in [-0.3, -0.25) is 0 Å². The van der Waals surface area contributed by atoms with Crippen molar-refractivity contribution in [2.75, 3.05) is 0 Å². The van der Waals surface area contributed by atoms with Crippen LogP contribution in [-0.4, -0.2) is 20.6 Å². The van der Waals surface area contributed by atoms with Crippen LogP contribution >= 0.6 is 0 Å². The van der Waals surface area contributed by atoms with Crippen LogP contribution in [0.15, 0.2) is 30.6 Å². The van der Waals surface area contributed by atoms with Crippen LogP contribution in [0.2, 0.25) is 0 Å². The van der Waals surface area contributed by atoms with Crippen molar-refractivity contribution < 1.29 is 5.11 Å². The lowest BCUT2D eigenvalue weighted by Crippen LogP contribution is -2.18. The molecule has 16 heavy (non-hydrogen) atoms. The van der Waals surface area contributed by atoms with Crippen molar-refractivity contribution in [3.63, 3.8) is 0 Å². The summed E-state index contributed by atoms with van der Waals surface area (Å²) < 4.78 is 2.02. The van der Waals surface area contributed by atoms with Gasteiger partial charge in [0.2, 0.25) is 0 Å². The Bertz CT molecular complexity index is 429. The van der Waals surface area contributed by atoms with Crippen LogP contribution in [0.3, 0.4) is 0 Å². The molecule has 2 unspecified atom stereocenters. The summed E-state index contributed by atoms with van der Waals surface area (Å²) in [5, 5.41) is 9.61. The maximum atomic E-state index is 9.61. The van der Waals surface area contributed by atoms with Crippen LogP contribution in [0.25, 0.3) is 5.65 Å². The highest BCUT2D eigenvalue weighted by molar-refractivity contribution is 5.39. The van der Waals surface area contributed by atoms with Gasteiger partial charge in [-0.1, -0.05) is 19.4 Å². The number of aliphatic hydroxyl groups is 1. The van der Waals surface area contributed by atoms with Gasteiger partial charge in [-0.2, -0.15) is 0 Å². The van der Waals surface area contributed by atoms with Crippen LogP contribution in [0.4, 0.5) is 0 Å². The van der Waals surface area contributed by atoms with Crippen molar-refractivity contribution in [1.29, 1.82) is 0 Å². The van der Waals surface area contributed by atoms with Crippen molar-refractivity contribution in [2.45, 2.75) is 32.8 Å². The molecule has 2 aromatic rings. The Labute approximate surface area is 95.8 Å². The number of hydrogen-bond acceptors (Lipinski definition) is 2. The number of imidazole rings is 1. The number of rotatable bonds is 4. The van der Waals surface area contributed by atoms with Crippen LogP contribution in [-0.2, 0) is 6.42 Å². The predicted molar refractivity (Wildman–Crippen MR) is 64.4 cm³/mol. The van der Waals surface area contributed by atoms with Gasteiger partial charge in [0.25, 0.3) is 0 Å². The van der Waals surface area contributed by atoms with Gasteiger partial charge in [-0.05, 0) is 31.4 Å². The molecule has 0 aliphatic carbocycles. The number of aromatic nitrogens is 2.